The molecule has 0 rings (SSSR count). The number of rotatable bonds is 10. The molecule has 0 saturated heterocycles. The molecule has 0 aromatic rings. The molecule has 28 heavy (non-hydrogen) atoms. The lowest BCUT2D eigenvalue weighted by Crippen LogP contribution is -2.42. The van der Waals surface area contributed by atoms with E-state index in [-0.39, 0.29) is 25.0 Å². The van der Waals surface area contributed by atoms with E-state index in [0.717, 1.165) is 12.2 Å². The fraction of sp³-hybridized carbons (Fsp3) is 0.667. The lowest BCUT2D eigenvalue weighted by atomic mass is 10.1. The summed E-state index contributed by atoms with van der Waals surface area (Å²) in [6.07, 6.45) is 0.592. The molecule has 0 unspecified atom stereocenters. The van der Waals surface area contributed by atoms with Crippen molar-refractivity contribution in [2.24, 2.45) is 11.8 Å². The summed E-state index contributed by atoms with van der Waals surface area (Å²) in [6.45, 7) is 7.21. The Bertz CT molecular complexity index is 512. The van der Waals surface area contributed by atoms with Crippen molar-refractivity contribution in [2.45, 2.75) is 39.8 Å². The van der Waals surface area contributed by atoms with Gasteiger partial charge in [0.1, 0.15) is 13.2 Å². The molecule has 160 valence electrons. The van der Waals surface area contributed by atoms with Gasteiger partial charge in [-0.1, -0.05) is 27.7 Å². The van der Waals surface area contributed by atoms with E-state index in [1.807, 2.05) is 27.7 Å². The standard InChI is InChI=1S/C18H30N2O8/c1-11(2)13(19-17(23)25-5)9-27-15(21)7-8-16(22)28-10-14(12(3)4)20-18(24)26-6/h7-8,11-14H,9-10H2,1-6H3,(H,19,23)(H,20,24)/b8-7+/t13-,14-/m1/s1. The molecule has 0 fully saturated rings. The van der Waals surface area contributed by atoms with Crippen LogP contribution < -0.4 is 10.6 Å². The minimum atomic E-state index is -0.762. The molecule has 0 aliphatic rings. The topological polar surface area (TPSA) is 129 Å². The van der Waals surface area contributed by atoms with Crippen molar-refractivity contribution in [1.29, 1.82) is 0 Å². The second-order valence-electron chi connectivity index (χ2n) is 6.57. The summed E-state index contributed by atoms with van der Waals surface area (Å²) < 4.78 is 19.1. The van der Waals surface area contributed by atoms with E-state index in [1.54, 1.807) is 0 Å². The molecule has 10 nitrogen and oxygen atoms in total. The highest BCUT2D eigenvalue weighted by Gasteiger charge is 2.19. The number of nitrogens with one attached hydrogen (secondary N) is 2. The van der Waals surface area contributed by atoms with Gasteiger partial charge in [0, 0.05) is 12.2 Å². The number of ether oxygens (including phenoxy) is 4. The molecule has 0 radical (unpaired) electrons. The molecule has 0 bridgehead atoms. The van der Waals surface area contributed by atoms with Crippen LogP contribution in [0.1, 0.15) is 27.7 Å². The predicted molar refractivity (Wildman–Crippen MR) is 99.4 cm³/mol. The van der Waals surface area contributed by atoms with E-state index in [4.69, 9.17) is 9.47 Å². The van der Waals surface area contributed by atoms with E-state index in [0.29, 0.717) is 0 Å². The fourth-order valence-electron chi connectivity index (χ4n) is 1.80. The summed E-state index contributed by atoms with van der Waals surface area (Å²) in [5, 5.41) is 5.10. The normalized spacial score (nSPS) is 13.0. The summed E-state index contributed by atoms with van der Waals surface area (Å²) in [5.74, 6) is -1.53. The van der Waals surface area contributed by atoms with Gasteiger partial charge in [0.2, 0.25) is 0 Å². The van der Waals surface area contributed by atoms with Crippen molar-refractivity contribution >= 4 is 24.1 Å². The molecule has 0 aliphatic carbocycles. The van der Waals surface area contributed by atoms with Crippen molar-refractivity contribution in [3.05, 3.63) is 12.2 Å². The summed E-state index contributed by atoms with van der Waals surface area (Å²) in [4.78, 5) is 46.0. The molecule has 0 heterocycles. The van der Waals surface area contributed by atoms with Crippen LogP contribution in [-0.2, 0) is 28.5 Å². The molecule has 10 heteroatoms. The third-order valence-electron chi connectivity index (χ3n) is 3.75. The number of carbonyl (C=O) groups excluding carboxylic acids is 4. The lowest BCUT2D eigenvalue weighted by molar-refractivity contribution is -0.141. The lowest BCUT2D eigenvalue weighted by Gasteiger charge is -2.21. The Balaban J connectivity index is 4.46. The first kappa shape index (κ1) is 25.2. The second-order valence-corrected chi connectivity index (χ2v) is 6.57. The number of methoxy groups -OCH3 is 2. The Morgan fingerprint density at radius 1 is 0.714 bits per heavy atom. The quantitative estimate of drug-likeness (QED) is 0.319. The van der Waals surface area contributed by atoms with Crippen LogP contribution in [0, 0.1) is 11.8 Å². The van der Waals surface area contributed by atoms with E-state index in [9.17, 15) is 19.2 Å². The number of alkyl carbamates (subject to hydrolysis) is 2. The molecule has 0 aliphatic heterocycles. The van der Waals surface area contributed by atoms with Crippen LogP contribution in [0.2, 0.25) is 0 Å². The van der Waals surface area contributed by atoms with Crippen LogP contribution in [0.4, 0.5) is 9.59 Å². The Morgan fingerprint density at radius 3 is 1.29 bits per heavy atom. The largest absolute Gasteiger partial charge is 0.460 e. The van der Waals surface area contributed by atoms with Gasteiger partial charge in [0.15, 0.2) is 0 Å². The number of carbonyl (C=O) groups is 4. The Morgan fingerprint density at radius 2 is 1.04 bits per heavy atom. The minimum Gasteiger partial charge on any atom is -0.460 e. The minimum absolute atomic E-state index is 0.00359. The number of hydrogen-bond donors (Lipinski definition) is 2. The van der Waals surface area contributed by atoms with Crippen LogP contribution >= 0.6 is 0 Å². The van der Waals surface area contributed by atoms with Gasteiger partial charge in [0.05, 0.1) is 26.3 Å². The highest BCUT2D eigenvalue weighted by Crippen LogP contribution is 2.04. The predicted octanol–water partition coefficient (Wildman–Crippen LogP) is 1.39. The van der Waals surface area contributed by atoms with Gasteiger partial charge >= 0.3 is 24.1 Å². The molecule has 0 aromatic heterocycles. The third-order valence-corrected chi connectivity index (χ3v) is 3.75. The van der Waals surface area contributed by atoms with Crippen LogP contribution in [0.3, 0.4) is 0 Å². The molecule has 0 saturated carbocycles. The Kier molecular flexibility index (Phi) is 12.1. The van der Waals surface area contributed by atoms with Gasteiger partial charge in [-0.2, -0.15) is 0 Å². The van der Waals surface area contributed by atoms with Crippen LogP contribution in [-0.4, -0.2) is 63.6 Å². The van der Waals surface area contributed by atoms with Crippen LogP contribution in [0.15, 0.2) is 12.2 Å². The summed E-state index contributed by atoms with van der Waals surface area (Å²) in [7, 11) is 2.47. The maximum absolute atomic E-state index is 11.7. The van der Waals surface area contributed by atoms with E-state index in [1.165, 1.54) is 14.2 Å². The van der Waals surface area contributed by atoms with Crippen molar-refractivity contribution in [2.75, 3.05) is 27.4 Å². The van der Waals surface area contributed by atoms with Crippen molar-refractivity contribution < 1.29 is 38.1 Å². The zero-order chi connectivity index (χ0) is 21.7. The maximum Gasteiger partial charge on any atom is 0.407 e. The van der Waals surface area contributed by atoms with Gasteiger partial charge in [0.25, 0.3) is 0 Å². The third kappa shape index (κ3) is 11.0. The molecule has 2 N–H and O–H groups in total. The second kappa shape index (κ2) is 13.4. The summed E-state index contributed by atoms with van der Waals surface area (Å²) >= 11 is 0. The fourth-order valence-corrected chi connectivity index (χ4v) is 1.80. The Labute approximate surface area is 164 Å². The molecule has 2 amide bonds. The monoisotopic (exact) mass is 402 g/mol. The Hall–Kier alpha value is -2.78. The van der Waals surface area contributed by atoms with Crippen molar-refractivity contribution in [3.63, 3.8) is 0 Å². The molecular weight excluding hydrogens is 372 g/mol. The van der Waals surface area contributed by atoms with E-state index < -0.39 is 36.2 Å². The number of amides is 2. The first-order valence-electron chi connectivity index (χ1n) is 8.81. The van der Waals surface area contributed by atoms with Crippen molar-refractivity contribution in [3.8, 4) is 0 Å². The van der Waals surface area contributed by atoms with Crippen molar-refractivity contribution in [1.82, 2.24) is 10.6 Å². The van der Waals surface area contributed by atoms with Gasteiger partial charge in [-0.3, -0.25) is 0 Å². The van der Waals surface area contributed by atoms with Gasteiger partial charge in [-0.05, 0) is 11.8 Å². The number of esters is 2. The van der Waals surface area contributed by atoms with Crippen LogP contribution in [0.25, 0.3) is 0 Å². The molecule has 0 spiro atoms. The average molecular weight is 402 g/mol. The maximum atomic E-state index is 11.7. The zero-order valence-corrected chi connectivity index (χ0v) is 17.1. The smallest absolute Gasteiger partial charge is 0.407 e. The zero-order valence-electron chi connectivity index (χ0n) is 17.1. The highest BCUT2D eigenvalue weighted by atomic mass is 16.6. The first-order valence-corrected chi connectivity index (χ1v) is 8.81. The summed E-state index contributed by atoms with van der Waals surface area (Å²) in [6, 6.07) is -0.874. The van der Waals surface area contributed by atoms with Crippen LogP contribution in [0.5, 0.6) is 0 Å². The van der Waals surface area contributed by atoms with Gasteiger partial charge in [-0.15, -0.1) is 0 Å². The van der Waals surface area contributed by atoms with Gasteiger partial charge < -0.3 is 29.6 Å². The molecular formula is C18H30N2O8. The first-order chi connectivity index (χ1) is 13.1. The summed E-state index contributed by atoms with van der Waals surface area (Å²) in [5.41, 5.74) is 0. The average Bonchev–Trinajstić information content (AvgIpc) is 2.65. The van der Waals surface area contributed by atoms with E-state index >= 15 is 0 Å². The van der Waals surface area contributed by atoms with Gasteiger partial charge in [-0.25, -0.2) is 19.2 Å². The molecule has 0 aromatic carbocycles. The molecule has 2 atom stereocenters. The number of hydrogen-bond acceptors (Lipinski definition) is 8. The SMILES string of the molecule is COC(=O)N[C@H](COC(=O)/C=C/C(=O)OC[C@@H](NC(=O)OC)C(C)C)C(C)C. The highest BCUT2D eigenvalue weighted by molar-refractivity contribution is 5.91. The van der Waals surface area contributed by atoms with E-state index in [2.05, 4.69) is 20.1 Å².